The number of carboxylic acids is 1. The van der Waals surface area contributed by atoms with Crippen molar-refractivity contribution in [2.45, 2.75) is 49.8 Å². The summed E-state index contributed by atoms with van der Waals surface area (Å²) in [4.78, 5) is 11.1. The summed E-state index contributed by atoms with van der Waals surface area (Å²) in [6.45, 7) is 3.57. The molecule has 0 amide bonds. The molecule has 1 atom stereocenters. The van der Waals surface area contributed by atoms with Crippen LogP contribution in [0.3, 0.4) is 0 Å². The maximum absolute atomic E-state index is 12.3. The summed E-state index contributed by atoms with van der Waals surface area (Å²) in [7, 11) is -3.62. The maximum atomic E-state index is 12.3. The van der Waals surface area contributed by atoms with Crippen molar-refractivity contribution >= 4 is 27.3 Å². The standard InChI is InChI=1S/C13H19NO4S2/c1-3-10(7-9-4-5-9)14-20(17,18)11-6-8(2)12(19-11)13(15)16/h6,9-10,14H,3-5,7H2,1-2H3,(H,15,16). The molecule has 112 valence electrons. The lowest BCUT2D eigenvalue weighted by molar-refractivity contribution is 0.0701. The average Bonchev–Trinajstić information content (AvgIpc) is 3.07. The molecule has 20 heavy (non-hydrogen) atoms. The highest BCUT2D eigenvalue weighted by molar-refractivity contribution is 7.91. The fraction of sp³-hybridized carbons (Fsp3) is 0.615. The zero-order valence-electron chi connectivity index (χ0n) is 11.5. The van der Waals surface area contributed by atoms with Crippen LogP contribution in [0.15, 0.2) is 10.3 Å². The summed E-state index contributed by atoms with van der Waals surface area (Å²) in [5, 5.41) is 9.00. The van der Waals surface area contributed by atoms with Crippen LogP contribution in [0.25, 0.3) is 0 Å². The molecule has 1 saturated carbocycles. The molecular weight excluding hydrogens is 298 g/mol. The lowest BCUT2D eigenvalue weighted by atomic mass is 10.1. The average molecular weight is 317 g/mol. The Kier molecular flexibility index (Phi) is 4.51. The van der Waals surface area contributed by atoms with Gasteiger partial charge in [-0.25, -0.2) is 17.9 Å². The molecule has 1 aliphatic carbocycles. The lowest BCUT2D eigenvalue weighted by Crippen LogP contribution is -2.34. The number of nitrogens with one attached hydrogen (secondary N) is 1. The second kappa shape index (κ2) is 5.83. The van der Waals surface area contributed by atoms with Gasteiger partial charge in [0.1, 0.15) is 9.09 Å². The van der Waals surface area contributed by atoms with Gasteiger partial charge in [-0.1, -0.05) is 19.8 Å². The predicted molar refractivity (Wildman–Crippen MR) is 77.8 cm³/mol. The Morgan fingerprint density at radius 2 is 2.20 bits per heavy atom. The van der Waals surface area contributed by atoms with Crippen LogP contribution in [0.4, 0.5) is 0 Å². The van der Waals surface area contributed by atoms with Gasteiger partial charge >= 0.3 is 5.97 Å². The van der Waals surface area contributed by atoms with Gasteiger partial charge in [-0.15, -0.1) is 11.3 Å². The lowest BCUT2D eigenvalue weighted by Gasteiger charge is -2.15. The Bertz CT molecular complexity index is 602. The van der Waals surface area contributed by atoms with Crippen LogP contribution in [-0.2, 0) is 10.0 Å². The van der Waals surface area contributed by atoms with E-state index in [1.165, 1.54) is 18.9 Å². The smallest absolute Gasteiger partial charge is 0.346 e. The van der Waals surface area contributed by atoms with Crippen LogP contribution in [0.5, 0.6) is 0 Å². The number of carbonyl (C=O) groups is 1. The van der Waals surface area contributed by atoms with Gasteiger partial charge in [-0.3, -0.25) is 0 Å². The normalized spacial score (nSPS) is 17.1. The summed E-state index contributed by atoms with van der Waals surface area (Å²) in [6, 6.07) is 1.36. The number of aromatic carboxylic acids is 1. The molecule has 0 bridgehead atoms. The third kappa shape index (κ3) is 3.59. The molecule has 5 nitrogen and oxygen atoms in total. The summed E-state index contributed by atoms with van der Waals surface area (Å²) in [6.07, 6.45) is 3.97. The van der Waals surface area contributed by atoms with Crippen molar-refractivity contribution in [3.05, 3.63) is 16.5 Å². The molecule has 0 aliphatic heterocycles. The highest BCUT2D eigenvalue weighted by atomic mass is 32.2. The number of thiophene rings is 1. The Morgan fingerprint density at radius 1 is 1.55 bits per heavy atom. The van der Waals surface area contributed by atoms with Crippen LogP contribution in [0.2, 0.25) is 0 Å². The molecule has 0 radical (unpaired) electrons. The predicted octanol–water partition coefficient (Wildman–Crippen LogP) is 2.61. The minimum atomic E-state index is -3.62. The van der Waals surface area contributed by atoms with Crippen molar-refractivity contribution in [1.29, 1.82) is 0 Å². The third-order valence-electron chi connectivity index (χ3n) is 3.48. The summed E-state index contributed by atoms with van der Waals surface area (Å²) < 4.78 is 27.4. The van der Waals surface area contributed by atoms with Gasteiger partial charge in [-0.2, -0.15) is 0 Å². The minimum Gasteiger partial charge on any atom is -0.477 e. The van der Waals surface area contributed by atoms with E-state index in [2.05, 4.69) is 4.72 Å². The van der Waals surface area contributed by atoms with E-state index in [4.69, 9.17) is 5.11 Å². The number of sulfonamides is 1. The molecular formula is C13H19NO4S2. The molecule has 1 aliphatic rings. The minimum absolute atomic E-state index is 0.0665. The Labute approximate surface area is 123 Å². The third-order valence-corrected chi connectivity index (χ3v) is 6.70. The van der Waals surface area contributed by atoms with Crippen molar-refractivity contribution in [1.82, 2.24) is 4.72 Å². The number of carboxylic acid groups (broad SMARTS) is 1. The first kappa shape index (κ1) is 15.5. The van der Waals surface area contributed by atoms with Crippen LogP contribution in [-0.4, -0.2) is 25.5 Å². The SMILES string of the molecule is CCC(CC1CC1)NS(=O)(=O)c1cc(C)c(C(=O)O)s1. The van der Waals surface area contributed by atoms with Crippen LogP contribution >= 0.6 is 11.3 Å². The topological polar surface area (TPSA) is 83.5 Å². The monoisotopic (exact) mass is 317 g/mol. The van der Waals surface area contributed by atoms with Crippen LogP contribution < -0.4 is 4.72 Å². The zero-order valence-corrected chi connectivity index (χ0v) is 13.2. The summed E-state index contributed by atoms with van der Waals surface area (Å²) in [5.74, 6) is -0.443. The number of hydrogen-bond donors (Lipinski definition) is 2. The highest BCUT2D eigenvalue weighted by Crippen LogP contribution is 2.34. The summed E-state index contributed by atoms with van der Waals surface area (Å²) >= 11 is 0.812. The van der Waals surface area contributed by atoms with Crippen molar-refractivity contribution in [2.75, 3.05) is 0 Å². The molecule has 1 fully saturated rings. The molecule has 1 aromatic heterocycles. The van der Waals surface area contributed by atoms with Crippen LogP contribution in [0, 0.1) is 12.8 Å². The largest absolute Gasteiger partial charge is 0.477 e. The molecule has 0 aromatic carbocycles. The van der Waals surface area contributed by atoms with Gasteiger partial charge in [0.15, 0.2) is 0 Å². The second-order valence-electron chi connectivity index (χ2n) is 5.29. The summed E-state index contributed by atoms with van der Waals surface area (Å²) in [5.41, 5.74) is 0.484. The molecule has 2 rings (SSSR count). The molecule has 0 spiro atoms. The van der Waals surface area contributed by atoms with Gasteiger partial charge in [0.05, 0.1) is 0 Å². The fourth-order valence-corrected chi connectivity index (χ4v) is 4.86. The van der Waals surface area contributed by atoms with Crippen molar-refractivity contribution in [3.8, 4) is 0 Å². The molecule has 1 aromatic rings. The Balaban J connectivity index is 2.16. The number of hydrogen-bond acceptors (Lipinski definition) is 4. The molecule has 2 N–H and O–H groups in total. The van der Waals surface area contributed by atoms with E-state index < -0.39 is 16.0 Å². The fourth-order valence-electron chi connectivity index (χ4n) is 2.13. The van der Waals surface area contributed by atoms with Crippen molar-refractivity contribution < 1.29 is 18.3 Å². The highest BCUT2D eigenvalue weighted by Gasteiger charge is 2.29. The van der Waals surface area contributed by atoms with E-state index in [-0.39, 0.29) is 15.1 Å². The Morgan fingerprint density at radius 3 is 2.65 bits per heavy atom. The Hall–Kier alpha value is -0.920. The first-order chi connectivity index (χ1) is 9.33. The quantitative estimate of drug-likeness (QED) is 0.809. The van der Waals surface area contributed by atoms with Gasteiger partial charge in [-0.05, 0) is 37.3 Å². The van der Waals surface area contributed by atoms with Crippen LogP contribution in [0.1, 0.15) is 47.8 Å². The van der Waals surface area contributed by atoms with Gasteiger partial charge < -0.3 is 5.11 Å². The van der Waals surface area contributed by atoms with E-state index in [9.17, 15) is 13.2 Å². The molecule has 7 heteroatoms. The number of rotatable bonds is 7. The van der Waals surface area contributed by atoms with E-state index in [0.717, 1.165) is 24.2 Å². The van der Waals surface area contributed by atoms with E-state index in [1.807, 2.05) is 6.92 Å². The first-order valence-corrected chi connectivity index (χ1v) is 8.99. The van der Waals surface area contributed by atoms with Gasteiger partial charge in [0.2, 0.25) is 10.0 Å². The van der Waals surface area contributed by atoms with E-state index in [0.29, 0.717) is 11.5 Å². The van der Waals surface area contributed by atoms with E-state index >= 15 is 0 Å². The first-order valence-electron chi connectivity index (χ1n) is 6.69. The molecule has 0 saturated heterocycles. The second-order valence-corrected chi connectivity index (χ2v) is 8.28. The molecule has 1 unspecified atom stereocenters. The van der Waals surface area contributed by atoms with E-state index in [1.54, 1.807) is 6.92 Å². The zero-order chi connectivity index (χ0) is 14.9. The maximum Gasteiger partial charge on any atom is 0.346 e. The number of aryl methyl sites for hydroxylation is 1. The molecule has 1 heterocycles. The van der Waals surface area contributed by atoms with Gasteiger partial charge in [0.25, 0.3) is 0 Å². The van der Waals surface area contributed by atoms with Gasteiger partial charge in [0, 0.05) is 6.04 Å². The van der Waals surface area contributed by atoms with Crippen molar-refractivity contribution in [3.63, 3.8) is 0 Å². The van der Waals surface area contributed by atoms with Crippen molar-refractivity contribution in [2.24, 2.45) is 5.92 Å².